The van der Waals surface area contributed by atoms with Crippen LogP contribution >= 0.6 is 0 Å². The Labute approximate surface area is 121 Å². The number of non-ortho nitro benzene ring substituents is 1. The van der Waals surface area contributed by atoms with Crippen LogP contribution < -0.4 is 5.32 Å². The summed E-state index contributed by atoms with van der Waals surface area (Å²) in [6, 6.07) is 5.42. The Bertz CT molecular complexity index is 529. The zero-order valence-electron chi connectivity index (χ0n) is 11.8. The first kappa shape index (κ1) is 16.4. The van der Waals surface area contributed by atoms with E-state index in [0.29, 0.717) is 5.56 Å². The molecule has 0 aliphatic carbocycles. The second kappa shape index (κ2) is 7.22. The number of urea groups is 1. The van der Waals surface area contributed by atoms with E-state index in [-0.39, 0.29) is 18.8 Å². The standard InChI is InChI=1S/C13H17N3O5/c1-9(12(17)18)8-15(2)13(19)14-7-10-3-5-11(6-4-10)16(20)21/h3-6,9H,7-8H2,1-2H3,(H,14,19)(H,17,18). The number of rotatable bonds is 6. The van der Waals surface area contributed by atoms with Crippen molar-refractivity contribution in [1.82, 2.24) is 10.2 Å². The maximum Gasteiger partial charge on any atom is 0.317 e. The summed E-state index contributed by atoms with van der Waals surface area (Å²) in [5.74, 6) is -1.62. The van der Waals surface area contributed by atoms with Gasteiger partial charge in [-0.2, -0.15) is 0 Å². The molecule has 2 amide bonds. The molecular weight excluding hydrogens is 278 g/mol. The molecule has 0 aliphatic heterocycles. The third-order valence-electron chi connectivity index (χ3n) is 2.91. The minimum absolute atomic E-state index is 0.0162. The Balaban J connectivity index is 2.48. The Morgan fingerprint density at radius 1 is 1.38 bits per heavy atom. The van der Waals surface area contributed by atoms with Crippen molar-refractivity contribution in [2.45, 2.75) is 13.5 Å². The highest BCUT2D eigenvalue weighted by Crippen LogP contribution is 2.11. The molecule has 0 aliphatic rings. The first-order valence-electron chi connectivity index (χ1n) is 6.26. The zero-order chi connectivity index (χ0) is 16.0. The molecule has 8 heteroatoms. The number of hydrogen-bond acceptors (Lipinski definition) is 4. The van der Waals surface area contributed by atoms with Gasteiger partial charge in [-0.15, -0.1) is 0 Å². The quantitative estimate of drug-likeness (QED) is 0.609. The van der Waals surface area contributed by atoms with E-state index in [1.54, 1.807) is 12.1 Å². The number of aliphatic carboxylic acids is 1. The van der Waals surface area contributed by atoms with Gasteiger partial charge in [0, 0.05) is 32.3 Å². The van der Waals surface area contributed by atoms with E-state index < -0.39 is 22.8 Å². The fourth-order valence-electron chi connectivity index (χ4n) is 1.62. The highest BCUT2D eigenvalue weighted by molar-refractivity contribution is 5.75. The van der Waals surface area contributed by atoms with Gasteiger partial charge >= 0.3 is 12.0 Å². The van der Waals surface area contributed by atoms with Crippen LogP contribution in [0.1, 0.15) is 12.5 Å². The van der Waals surface area contributed by atoms with Gasteiger partial charge in [-0.1, -0.05) is 19.1 Å². The van der Waals surface area contributed by atoms with Gasteiger partial charge in [-0.25, -0.2) is 4.79 Å². The molecule has 1 aromatic rings. The summed E-state index contributed by atoms with van der Waals surface area (Å²) in [5.41, 5.74) is 0.700. The number of nitro benzene ring substituents is 1. The van der Waals surface area contributed by atoms with E-state index in [4.69, 9.17) is 5.11 Å². The topological polar surface area (TPSA) is 113 Å². The van der Waals surface area contributed by atoms with Crippen LogP contribution in [-0.2, 0) is 11.3 Å². The van der Waals surface area contributed by atoms with Crippen molar-refractivity contribution in [1.29, 1.82) is 0 Å². The van der Waals surface area contributed by atoms with E-state index in [1.165, 1.54) is 31.0 Å². The molecule has 0 bridgehead atoms. The van der Waals surface area contributed by atoms with Crippen molar-refractivity contribution >= 4 is 17.7 Å². The molecule has 8 nitrogen and oxygen atoms in total. The predicted molar refractivity (Wildman–Crippen MR) is 74.8 cm³/mol. The first-order valence-corrected chi connectivity index (χ1v) is 6.26. The smallest absolute Gasteiger partial charge is 0.317 e. The number of nitro groups is 1. The number of nitrogens with zero attached hydrogens (tertiary/aromatic N) is 2. The lowest BCUT2D eigenvalue weighted by Crippen LogP contribution is -2.40. The van der Waals surface area contributed by atoms with Gasteiger partial charge in [0.2, 0.25) is 0 Å². The number of amides is 2. The number of carboxylic acid groups (broad SMARTS) is 1. The van der Waals surface area contributed by atoms with E-state index in [2.05, 4.69) is 5.32 Å². The number of carbonyl (C=O) groups is 2. The van der Waals surface area contributed by atoms with Crippen LogP contribution in [0.3, 0.4) is 0 Å². The number of carboxylic acids is 1. The summed E-state index contributed by atoms with van der Waals surface area (Å²) in [6.07, 6.45) is 0. The van der Waals surface area contributed by atoms with E-state index in [0.717, 1.165) is 0 Å². The molecule has 0 spiro atoms. The van der Waals surface area contributed by atoms with Gasteiger partial charge in [0.1, 0.15) is 0 Å². The van der Waals surface area contributed by atoms with Crippen LogP contribution in [0.2, 0.25) is 0 Å². The van der Waals surface area contributed by atoms with Crippen LogP contribution in [0.5, 0.6) is 0 Å². The van der Waals surface area contributed by atoms with Crippen molar-refractivity contribution in [3.63, 3.8) is 0 Å². The molecular formula is C13H17N3O5. The van der Waals surface area contributed by atoms with Crippen molar-refractivity contribution in [3.05, 3.63) is 39.9 Å². The molecule has 114 valence electrons. The molecule has 0 radical (unpaired) electrons. The van der Waals surface area contributed by atoms with Gasteiger partial charge in [-0.05, 0) is 5.56 Å². The normalized spacial score (nSPS) is 11.5. The van der Waals surface area contributed by atoms with Gasteiger partial charge < -0.3 is 15.3 Å². The number of carbonyl (C=O) groups excluding carboxylic acids is 1. The van der Waals surface area contributed by atoms with Crippen LogP contribution in [0.25, 0.3) is 0 Å². The number of nitrogens with one attached hydrogen (secondary N) is 1. The summed E-state index contributed by atoms with van der Waals surface area (Å²) in [7, 11) is 1.50. The molecule has 0 aromatic heterocycles. The second-order valence-corrected chi connectivity index (χ2v) is 4.70. The van der Waals surface area contributed by atoms with Gasteiger partial charge in [-0.3, -0.25) is 14.9 Å². The Morgan fingerprint density at radius 2 is 1.95 bits per heavy atom. The number of hydrogen-bond donors (Lipinski definition) is 2. The number of benzene rings is 1. The third kappa shape index (κ3) is 5.09. The van der Waals surface area contributed by atoms with Crippen LogP contribution in [0.15, 0.2) is 24.3 Å². The fourth-order valence-corrected chi connectivity index (χ4v) is 1.62. The molecule has 2 N–H and O–H groups in total. The molecule has 0 saturated heterocycles. The molecule has 1 unspecified atom stereocenters. The van der Waals surface area contributed by atoms with Crippen LogP contribution in [-0.4, -0.2) is 40.5 Å². The highest BCUT2D eigenvalue weighted by Gasteiger charge is 2.17. The summed E-state index contributed by atoms with van der Waals surface area (Å²) >= 11 is 0. The molecule has 0 saturated carbocycles. The largest absolute Gasteiger partial charge is 0.481 e. The summed E-state index contributed by atoms with van der Waals surface area (Å²) < 4.78 is 0. The zero-order valence-corrected chi connectivity index (χ0v) is 11.8. The third-order valence-corrected chi connectivity index (χ3v) is 2.91. The molecule has 1 aromatic carbocycles. The van der Waals surface area contributed by atoms with Crippen molar-refractivity contribution in [3.8, 4) is 0 Å². The summed E-state index contributed by atoms with van der Waals surface area (Å²) in [6.45, 7) is 1.83. The summed E-state index contributed by atoms with van der Waals surface area (Å²) in [5, 5.41) is 21.9. The predicted octanol–water partition coefficient (Wildman–Crippen LogP) is 1.46. The Morgan fingerprint density at radius 3 is 2.43 bits per heavy atom. The Kier molecular flexibility index (Phi) is 5.65. The van der Waals surface area contributed by atoms with Gasteiger partial charge in [0.15, 0.2) is 0 Å². The molecule has 1 rings (SSSR count). The van der Waals surface area contributed by atoms with Gasteiger partial charge in [0.25, 0.3) is 5.69 Å². The van der Waals surface area contributed by atoms with Crippen molar-refractivity contribution in [2.75, 3.05) is 13.6 Å². The van der Waals surface area contributed by atoms with E-state index in [9.17, 15) is 19.7 Å². The lowest BCUT2D eigenvalue weighted by atomic mass is 10.2. The van der Waals surface area contributed by atoms with E-state index >= 15 is 0 Å². The average molecular weight is 295 g/mol. The molecule has 21 heavy (non-hydrogen) atoms. The first-order chi connectivity index (χ1) is 9.81. The maximum absolute atomic E-state index is 11.8. The molecule has 1 atom stereocenters. The minimum atomic E-state index is -0.968. The molecule has 0 fully saturated rings. The van der Waals surface area contributed by atoms with Crippen LogP contribution in [0, 0.1) is 16.0 Å². The minimum Gasteiger partial charge on any atom is -0.481 e. The monoisotopic (exact) mass is 295 g/mol. The van der Waals surface area contributed by atoms with E-state index in [1.807, 2.05) is 0 Å². The highest BCUT2D eigenvalue weighted by atomic mass is 16.6. The SMILES string of the molecule is CC(CN(C)C(=O)NCc1ccc([N+](=O)[O-])cc1)C(=O)O. The lowest BCUT2D eigenvalue weighted by Gasteiger charge is -2.20. The van der Waals surface area contributed by atoms with Crippen molar-refractivity contribution in [2.24, 2.45) is 5.92 Å². The maximum atomic E-state index is 11.8. The Hall–Kier alpha value is -2.64. The molecule has 0 heterocycles. The van der Waals surface area contributed by atoms with Crippen molar-refractivity contribution < 1.29 is 19.6 Å². The summed E-state index contributed by atoms with van der Waals surface area (Å²) in [4.78, 5) is 33.8. The second-order valence-electron chi connectivity index (χ2n) is 4.70. The van der Waals surface area contributed by atoms with Crippen LogP contribution in [0.4, 0.5) is 10.5 Å². The fraction of sp³-hybridized carbons (Fsp3) is 0.385. The average Bonchev–Trinajstić information content (AvgIpc) is 2.44. The lowest BCUT2D eigenvalue weighted by molar-refractivity contribution is -0.384. The van der Waals surface area contributed by atoms with Gasteiger partial charge in [0.05, 0.1) is 10.8 Å².